The quantitative estimate of drug-likeness (QED) is 0.390. The molecule has 9 heteroatoms. The zero-order valence-electron chi connectivity index (χ0n) is 24.5. The molecule has 1 unspecified atom stereocenters. The molecule has 0 aliphatic heterocycles. The monoisotopic (exact) mass is 599 g/mol. The molecule has 0 saturated heterocycles. The van der Waals surface area contributed by atoms with Crippen molar-refractivity contribution in [3.8, 4) is 0 Å². The summed E-state index contributed by atoms with van der Waals surface area (Å²) >= 11 is 6.40. The van der Waals surface area contributed by atoms with E-state index in [2.05, 4.69) is 17.4 Å². The molecular formula is C32H42ClN3O4S. The second kappa shape index (κ2) is 11.6. The van der Waals surface area contributed by atoms with Gasteiger partial charge in [-0.05, 0) is 112 Å². The van der Waals surface area contributed by atoms with E-state index in [-0.39, 0.29) is 23.9 Å². The molecule has 4 aliphatic rings. The Labute approximate surface area is 249 Å². The van der Waals surface area contributed by atoms with Crippen LogP contribution in [-0.2, 0) is 31.6 Å². The lowest BCUT2D eigenvalue weighted by Gasteiger charge is -2.57. The number of sulfonamides is 1. The standard InChI is InChI=1S/C32H42ClN3O4S/c1-21(2)34-31(38)22(3)35(19-26-7-5-6-8-29(26)33)30(37)20-36(41(4,39)40)28-11-9-27(10-12-28)32-16-23-13-24(17-32)15-25(14-23)18-32/h5-12,21-25H,13-20H2,1-4H3,(H,34,38). The number of carbonyl (C=O) groups excluding carboxylic acids is 2. The van der Waals surface area contributed by atoms with Gasteiger partial charge in [-0.15, -0.1) is 0 Å². The molecule has 4 saturated carbocycles. The number of halogens is 1. The number of rotatable bonds is 10. The van der Waals surface area contributed by atoms with E-state index in [1.807, 2.05) is 32.0 Å². The molecule has 0 aromatic heterocycles. The molecule has 2 amide bonds. The van der Waals surface area contributed by atoms with Gasteiger partial charge in [-0.25, -0.2) is 8.42 Å². The maximum atomic E-state index is 13.8. The van der Waals surface area contributed by atoms with E-state index in [0.29, 0.717) is 16.3 Å². The smallest absolute Gasteiger partial charge is 0.244 e. The molecule has 2 aromatic carbocycles. The number of nitrogens with zero attached hydrogens (tertiary/aromatic N) is 2. The fraction of sp³-hybridized carbons (Fsp3) is 0.562. The third-order valence-electron chi connectivity index (χ3n) is 9.38. The van der Waals surface area contributed by atoms with Crippen molar-refractivity contribution in [2.75, 3.05) is 17.1 Å². The Balaban J connectivity index is 1.39. The van der Waals surface area contributed by atoms with Crippen molar-refractivity contribution in [3.05, 3.63) is 64.7 Å². The van der Waals surface area contributed by atoms with Gasteiger partial charge >= 0.3 is 0 Å². The number of benzene rings is 2. The lowest BCUT2D eigenvalue weighted by molar-refractivity contribution is -0.139. The predicted molar refractivity (Wildman–Crippen MR) is 163 cm³/mol. The number of hydrogen-bond donors (Lipinski definition) is 1. The average molecular weight is 600 g/mol. The van der Waals surface area contributed by atoms with Gasteiger partial charge in [0.2, 0.25) is 21.8 Å². The molecule has 41 heavy (non-hydrogen) atoms. The zero-order chi connectivity index (χ0) is 29.5. The molecule has 1 N–H and O–H groups in total. The molecular weight excluding hydrogens is 558 g/mol. The van der Waals surface area contributed by atoms with Gasteiger partial charge in [0.05, 0.1) is 11.9 Å². The number of anilines is 1. The van der Waals surface area contributed by atoms with Crippen molar-refractivity contribution in [1.82, 2.24) is 10.2 Å². The van der Waals surface area contributed by atoms with Crippen molar-refractivity contribution < 1.29 is 18.0 Å². The van der Waals surface area contributed by atoms with Crippen LogP contribution in [0.15, 0.2) is 48.5 Å². The molecule has 7 nitrogen and oxygen atoms in total. The minimum absolute atomic E-state index is 0.0771. The maximum absolute atomic E-state index is 13.8. The van der Waals surface area contributed by atoms with Crippen LogP contribution in [0.25, 0.3) is 0 Å². The van der Waals surface area contributed by atoms with Gasteiger partial charge in [-0.3, -0.25) is 13.9 Å². The SMILES string of the molecule is CC(C)NC(=O)C(C)N(Cc1ccccc1Cl)C(=O)CN(c1ccc(C23CC4CC(CC(C4)C2)C3)cc1)S(C)(=O)=O. The number of carbonyl (C=O) groups is 2. The third-order valence-corrected chi connectivity index (χ3v) is 10.9. The van der Waals surface area contributed by atoms with E-state index in [1.165, 1.54) is 49.0 Å². The van der Waals surface area contributed by atoms with Crippen LogP contribution in [0.2, 0.25) is 5.02 Å². The van der Waals surface area contributed by atoms with E-state index in [9.17, 15) is 18.0 Å². The Morgan fingerprint density at radius 2 is 1.51 bits per heavy atom. The van der Waals surface area contributed by atoms with Gasteiger partial charge in [-0.2, -0.15) is 0 Å². The van der Waals surface area contributed by atoms with Crippen LogP contribution in [0.5, 0.6) is 0 Å². The molecule has 6 rings (SSSR count). The van der Waals surface area contributed by atoms with Crippen LogP contribution in [0.1, 0.15) is 70.4 Å². The van der Waals surface area contributed by atoms with Crippen LogP contribution in [0.4, 0.5) is 5.69 Å². The van der Waals surface area contributed by atoms with Gasteiger partial charge in [0.25, 0.3) is 0 Å². The van der Waals surface area contributed by atoms with Gasteiger partial charge in [0.15, 0.2) is 0 Å². The van der Waals surface area contributed by atoms with Crippen LogP contribution in [0.3, 0.4) is 0 Å². The topological polar surface area (TPSA) is 86.8 Å². The van der Waals surface area contributed by atoms with E-state index < -0.39 is 28.5 Å². The fourth-order valence-electron chi connectivity index (χ4n) is 7.86. The first-order chi connectivity index (χ1) is 19.3. The zero-order valence-corrected chi connectivity index (χ0v) is 26.0. The molecule has 4 bridgehead atoms. The van der Waals surface area contributed by atoms with Crippen LogP contribution in [-0.4, -0.2) is 50.0 Å². The van der Waals surface area contributed by atoms with Gasteiger partial charge in [0.1, 0.15) is 12.6 Å². The van der Waals surface area contributed by atoms with E-state index in [1.54, 1.807) is 25.1 Å². The second-order valence-electron chi connectivity index (χ2n) is 13.0. The Morgan fingerprint density at radius 1 is 0.951 bits per heavy atom. The van der Waals surface area contributed by atoms with Gasteiger partial charge in [0, 0.05) is 17.6 Å². The van der Waals surface area contributed by atoms with Crippen molar-refractivity contribution in [3.63, 3.8) is 0 Å². The molecule has 4 aliphatic carbocycles. The number of amides is 2. The Bertz CT molecular complexity index is 1360. The molecule has 1 atom stereocenters. The normalized spacial score (nSPS) is 25.7. The fourth-order valence-corrected chi connectivity index (χ4v) is 8.90. The Hall–Kier alpha value is -2.58. The summed E-state index contributed by atoms with van der Waals surface area (Å²) in [5.74, 6) is 1.64. The summed E-state index contributed by atoms with van der Waals surface area (Å²) in [7, 11) is -3.79. The van der Waals surface area contributed by atoms with Crippen LogP contribution >= 0.6 is 11.6 Å². The van der Waals surface area contributed by atoms with Crippen LogP contribution < -0.4 is 9.62 Å². The first-order valence-electron chi connectivity index (χ1n) is 14.8. The molecule has 0 spiro atoms. The summed E-state index contributed by atoms with van der Waals surface area (Å²) in [4.78, 5) is 28.2. The highest BCUT2D eigenvalue weighted by molar-refractivity contribution is 7.92. The lowest BCUT2D eigenvalue weighted by atomic mass is 9.48. The molecule has 2 aromatic rings. The lowest BCUT2D eigenvalue weighted by Crippen LogP contribution is -2.52. The first kappa shape index (κ1) is 29.9. The van der Waals surface area contributed by atoms with E-state index >= 15 is 0 Å². The summed E-state index contributed by atoms with van der Waals surface area (Å²) in [6.45, 7) is 5.01. The molecule has 0 heterocycles. The minimum Gasteiger partial charge on any atom is -0.352 e. The summed E-state index contributed by atoms with van der Waals surface area (Å²) in [6.07, 6.45) is 8.86. The highest BCUT2D eigenvalue weighted by atomic mass is 35.5. The average Bonchev–Trinajstić information content (AvgIpc) is 2.89. The second-order valence-corrected chi connectivity index (χ2v) is 15.3. The van der Waals surface area contributed by atoms with Crippen molar-refractivity contribution in [2.45, 2.75) is 83.3 Å². The Morgan fingerprint density at radius 3 is 2.02 bits per heavy atom. The molecule has 4 fully saturated rings. The third kappa shape index (κ3) is 6.43. The predicted octanol–water partition coefficient (Wildman–Crippen LogP) is 5.52. The summed E-state index contributed by atoms with van der Waals surface area (Å²) < 4.78 is 27.2. The first-order valence-corrected chi connectivity index (χ1v) is 17.0. The minimum atomic E-state index is -3.79. The largest absolute Gasteiger partial charge is 0.352 e. The van der Waals surface area contributed by atoms with Crippen LogP contribution in [0, 0.1) is 17.8 Å². The summed E-state index contributed by atoms with van der Waals surface area (Å²) in [6, 6.07) is 14.0. The molecule has 0 radical (unpaired) electrons. The number of hydrogen-bond acceptors (Lipinski definition) is 4. The summed E-state index contributed by atoms with van der Waals surface area (Å²) in [5, 5.41) is 3.33. The van der Waals surface area contributed by atoms with Gasteiger partial charge < -0.3 is 10.2 Å². The van der Waals surface area contributed by atoms with Crippen molar-refractivity contribution in [1.29, 1.82) is 0 Å². The van der Waals surface area contributed by atoms with Crippen molar-refractivity contribution in [2.24, 2.45) is 17.8 Å². The Kier molecular flexibility index (Phi) is 8.46. The van der Waals surface area contributed by atoms with Gasteiger partial charge in [-0.1, -0.05) is 41.9 Å². The summed E-state index contributed by atoms with van der Waals surface area (Å²) in [5.41, 5.74) is 2.62. The maximum Gasteiger partial charge on any atom is 0.244 e. The molecule has 222 valence electrons. The highest BCUT2D eigenvalue weighted by Crippen LogP contribution is 2.60. The highest BCUT2D eigenvalue weighted by Gasteiger charge is 2.51. The number of nitrogens with one attached hydrogen (secondary N) is 1. The van der Waals surface area contributed by atoms with E-state index in [4.69, 9.17) is 11.6 Å². The van der Waals surface area contributed by atoms with Crippen molar-refractivity contribution >= 4 is 39.1 Å². The van der Waals surface area contributed by atoms with E-state index in [0.717, 1.165) is 28.3 Å².